The van der Waals surface area contributed by atoms with Crippen molar-refractivity contribution in [3.63, 3.8) is 0 Å². The molecule has 1 saturated carbocycles. The van der Waals surface area contributed by atoms with Crippen molar-refractivity contribution >= 4 is 12.1 Å². The molecule has 2 rings (SSSR count). The van der Waals surface area contributed by atoms with Gasteiger partial charge < -0.3 is 14.7 Å². The molecule has 5 nitrogen and oxygen atoms in total. The van der Waals surface area contributed by atoms with Crippen molar-refractivity contribution in [1.29, 1.82) is 0 Å². The number of nitrogens with zero attached hydrogens (tertiary/aromatic N) is 1. The summed E-state index contributed by atoms with van der Waals surface area (Å²) in [6.07, 6.45) is 3.52. The van der Waals surface area contributed by atoms with Crippen molar-refractivity contribution in [3.05, 3.63) is 0 Å². The van der Waals surface area contributed by atoms with Crippen molar-refractivity contribution in [2.75, 3.05) is 13.1 Å². The molecule has 114 valence electrons. The number of amides is 1. The first-order valence-corrected chi connectivity index (χ1v) is 7.47. The van der Waals surface area contributed by atoms with Crippen LogP contribution in [0, 0.1) is 17.8 Å². The maximum atomic E-state index is 11.9. The Morgan fingerprint density at radius 3 is 2.30 bits per heavy atom. The Bertz CT molecular complexity index is 380. The molecule has 1 aliphatic heterocycles. The minimum atomic E-state index is -0.652. The number of ether oxygens (including phenoxy) is 1. The lowest BCUT2D eigenvalue weighted by Gasteiger charge is -2.33. The van der Waals surface area contributed by atoms with Gasteiger partial charge in [0.2, 0.25) is 0 Å². The van der Waals surface area contributed by atoms with E-state index in [9.17, 15) is 9.59 Å². The number of likely N-dealkylation sites (tertiary alicyclic amines) is 1. The molecule has 1 N–H and O–H groups in total. The third-order valence-corrected chi connectivity index (χ3v) is 4.14. The van der Waals surface area contributed by atoms with E-state index in [2.05, 4.69) is 0 Å². The third-order valence-electron chi connectivity index (χ3n) is 4.14. The molecule has 0 aromatic rings. The van der Waals surface area contributed by atoms with Crippen LogP contribution in [0.2, 0.25) is 0 Å². The summed E-state index contributed by atoms with van der Waals surface area (Å²) in [5, 5.41) is 8.91. The van der Waals surface area contributed by atoms with Gasteiger partial charge in [0.05, 0.1) is 5.92 Å². The number of rotatable bonds is 3. The van der Waals surface area contributed by atoms with Crippen LogP contribution in [-0.4, -0.2) is 40.8 Å². The summed E-state index contributed by atoms with van der Waals surface area (Å²) in [6, 6.07) is 0. The van der Waals surface area contributed by atoms with Gasteiger partial charge in [0.15, 0.2) is 0 Å². The van der Waals surface area contributed by atoms with E-state index in [1.807, 2.05) is 20.8 Å². The fourth-order valence-corrected chi connectivity index (χ4v) is 2.92. The average molecular weight is 283 g/mol. The summed E-state index contributed by atoms with van der Waals surface area (Å²) in [7, 11) is 0. The van der Waals surface area contributed by atoms with E-state index in [0.717, 1.165) is 38.8 Å². The molecule has 1 amide bonds. The number of carbonyl (C=O) groups is 2. The molecule has 0 aromatic carbocycles. The first-order valence-electron chi connectivity index (χ1n) is 7.47. The van der Waals surface area contributed by atoms with Gasteiger partial charge in [-0.2, -0.15) is 0 Å². The van der Waals surface area contributed by atoms with Crippen molar-refractivity contribution in [2.24, 2.45) is 17.8 Å². The number of piperidine rings is 1. The Balaban J connectivity index is 1.70. The lowest BCUT2D eigenvalue weighted by Crippen LogP contribution is -2.41. The average Bonchev–Trinajstić information content (AvgIpc) is 3.07. The molecule has 1 saturated heterocycles. The topological polar surface area (TPSA) is 66.8 Å². The molecule has 2 fully saturated rings. The first-order chi connectivity index (χ1) is 9.26. The zero-order chi connectivity index (χ0) is 14.9. The van der Waals surface area contributed by atoms with Crippen molar-refractivity contribution in [3.8, 4) is 0 Å². The van der Waals surface area contributed by atoms with Gasteiger partial charge in [0, 0.05) is 13.1 Å². The van der Waals surface area contributed by atoms with Gasteiger partial charge in [0.25, 0.3) is 0 Å². The van der Waals surface area contributed by atoms with Crippen LogP contribution in [0.15, 0.2) is 0 Å². The van der Waals surface area contributed by atoms with E-state index in [1.54, 1.807) is 4.90 Å². The summed E-state index contributed by atoms with van der Waals surface area (Å²) in [5.41, 5.74) is -0.448. The van der Waals surface area contributed by atoms with Gasteiger partial charge in [-0.05, 0) is 58.3 Å². The Hall–Kier alpha value is -1.26. The van der Waals surface area contributed by atoms with Crippen molar-refractivity contribution in [2.45, 2.75) is 52.1 Å². The van der Waals surface area contributed by atoms with Crippen molar-refractivity contribution < 1.29 is 19.4 Å². The van der Waals surface area contributed by atoms with Crippen LogP contribution in [-0.2, 0) is 9.53 Å². The third kappa shape index (κ3) is 4.12. The van der Waals surface area contributed by atoms with Gasteiger partial charge in [-0.3, -0.25) is 4.79 Å². The molecule has 2 atom stereocenters. The molecule has 5 heteroatoms. The Kier molecular flexibility index (Phi) is 4.25. The minimum Gasteiger partial charge on any atom is -0.481 e. The highest BCUT2D eigenvalue weighted by atomic mass is 16.6. The number of carboxylic acid groups (broad SMARTS) is 1. The fourth-order valence-electron chi connectivity index (χ4n) is 2.92. The van der Waals surface area contributed by atoms with E-state index in [-0.39, 0.29) is 12.0 Å². The number of hydrogen-bond acceptors (Lipinski definition) is 3. The molecule has 1 heterocycles. The predicted molar refractivity (Wildman–Crippen MR) is 74.4 cm³/mol. The second-order valence-corrected chi connectivity index (χ2v) is 7.09. The van der Waals surface area contributed by atoms with E-state index in [4.69, 9.17) is 9.84 Å². The van der Waals surface area contributed by atoms with Gasteiger partial charge in [0.1, 0.15) is 5.60 Å². The molecule has 2 aliphatic rings. The molecule has 0 radical (unpaired) electrons. The van der Waals surface area contributed by atoms with Crippen LogP contribution in [0.25, 0.3) is 0 Å². The summed E-state index contributed by atoms with van der Waals surface area (Å²) in [6.45, 7) is 7.07. The van der Waals surface area contributed by atoms with Crippen LogP contribution in [0.3, 0.4) is 0 Å². The Labute approximate surface area is 120 Å². The minimum absolute atomic E-state index is 0.112. The molecular formula is C15H25NO4. The molecule has 20 heavy (non-hydrogen) atoms. The molecule has 2 unspecified atom stereocenters. The number of carboxylic acids is 1. The van der Waals surface area contributed by atoms with E-state index < -0.39 is 11.6 Å². The second kappa shape index (κ2) is 5.62. The zero-order valence-corrected chi connectivity index (χ0v) is 12.6. The summed E-state index contributed by atoms with van der Waals surface area (Å²) in [5.74, 6) is 0.161. The highest BCUT2D eigenvalue weighted by molar-refractivity contribution is 5.73. The standard InChI is InChI=1S/C15H25NO4/c1-15(2,3)20-14(19)16-6-4-10(5-7-16)8-11-9-12(11)13(17)18/h10-12H,4-9H2,1-3H3,(H,17,18). The normalized spacial score (nSPS) is 27.2. The number of aliphatic carboxylic acids is 1. The Morgan fingerprint density at radius 2 is 1.85 bits per heavy atom. The van der Waals surface area contributed by atoms with E-state index in [1.165, 1.54) is 0 Å². The van der Waals surface area contributed by atoms with Crippen LogP contribution < -0.4 is 0 Å². The number of carbonyl (C=O) groups excluding carboxylic acids is 1. The van der Waals surface area contributed by atoms with Gasteiger partial charge in [-0.1, -0.05) is 0 Å². The smallest absolute Gasteiger partial charge is 0.410 e. The molecule has 1 aliphatic carbocycles. The maximum Gasteiger partial charge on any atom is 0.410 e. The summed E-state index contributed by atoms with van der Waals surface area (Å²) < 4.78 is 5.36. The van der Waals surface area contributed by atoms with E-state index in [0.29, 0.717) is 11.8 Å². The maximum absolute atomic E-state index is 11.9. The predicted octanol–water partition coefficient (Wildman–Crippen LogP) is 2.74. The molecule has 0 aromatic heterocycles. The quantitative estimate of drug-likeness (QED) is 0.864. The van der Waals surface area contributed by atoms with Crippen LogP contribution in [0.1, 0.15) is 46.5 Å². The molecule has 0 spiro atoms. The second-order valence-electron chi connectivity index (χ2n) is 7.09. The monoisotopic (exact) mass is 283 g/mol. The van der Waals surface area contributed by atoms with Crippen LogP contribution >= 0.6 is 0 Å². The van der Waals surface area contributed by atoms with Crippen molar-refractivity contribution in [1.82, 2.24) is 4.90 Å². The lowest BCUT2D eigenvalue weighted by atomic mass is 9.91. The fraction of sp³-hybridized carbons (Fsp3) is 0.867. The Morgan fingerprint density at radius 1 is 1.25 bits per heavy atom. The highest BCUT2D eigenvalue weighted by Crippen LogP contribution is 2.44. The summed E-state index contributed by atoms with van der Waals surface area (Å²) >= 11 is 0. The van der Waals surface area contributed by atoms with Crippen LogP contribution in [0.4, 0.5) is 4.79 Å². The zero-order valence-electron chi connectivity index (χ0n) is 12.6. The SMILES string of the molecule is CC(C)(C)OC(=O)N1CCC(CC2CC2C(=O)O)CC1. The summed E-state index contributed by atoms with van der Waals surface area (Å²) in [4.78, 5) is 24.5. The van der Waals surface area contributed by atoms with Gasteiger partial charge in [-0.15, -0.1) is 0 Å². The van der Waals surface area contributed by atoms with E-state index >= 15 is 0 Å². The molecular weight excluding hydrogens is 258 g/mol. The van der Waals surface area contributed by atoms with Crippen LogP contribution in [0.5, 0.6) is 0 Å². The lowest BCUT2D eigenvalue weighted by molar-refractivity contribution is -0.138. The van der Waals surface area contributed by atoms with Gasteiger partial charge in [-0.25, -0.2) is 4.79 Å². The first kappa shape index (κ1) is 15.1. The van der Waals surface area contributed by atoms with Gasteiger partial charge >= 0.3 is 12.1 Å². The highest BCUT2D eigenvalue weighted by Gasteiger charge is 2.44. The largest absolute Gasteiger partial charge is 0.481 e. The number of hydrogen-bond donors (Lipinski definition) is 1. The molecule has 0 bridgehead atoms.